The molecule has 30 heavy (non-hydrogen) atoms. The first-order valence-corrected chi connectivity index (χ1v) is 11.7. The zero-order valence-corrected chi connectivity index (χ0v) is 18.8. The number of rotatable bonds is 3. The van der Waals surface area contributed by atoms with Crippen LogP contribution >= 0.6 is 15.9 Å². The Bertz CT molecular complexity index is 1530. The summed E-state index contributed by atoms with van der Waals surface area (Å²) in [5, 5.41) is 1.85. The fraction of sp³-hybridized carbons (Fsp3) is 0.0870. The maximum atomic E-state index is 13.6. The number of hydrogen-bond donors (Lipinski definition) is 1. The van der Waals surface area contributed by atoms with Crippen molar-refractivity contribution in [3.8, 4) is 11.1 Å². The second-order valence-corrected chi connectivity index (χ2v) is 10.0. The molecule has 150 valence electrons. The number of pyridine rings is 1. The van der Waals surface area contributed by atoms with E-state index < -0.39 is 10.0 Å². The predicted octanol–water partition coefficient (Wildman–Crippen LogP) is 5.80. The maximum absolute atomic E-state index is 13.6. The molecule has 0 fully saturated rings. The lowest BCUT2D eigenvalue weighted by Gasteiger charge is -2.10. The summed E-state index contributed by atoms with van der Waals surface area (Å²) in [7, 11) is -3.81. The number of aromatic nitrogens is 3. The minimum Gasteiger partial charge on any atom is -0.361 e. The van der Waals surface area contributed by atoms with Crippen molar-refractivity contribution >= 4 is 47.9 Å². The number of halogens is 1. The van der Waals surface area contributed by atoms with E-state index in [2.05, 4.69) is 32.0 Å². The Morgan fingerprint density at radius 2 is 1.77 bits per heavy atom. The Kier molecular flexibility index (Phi) is 4.34. The lowest BCUT2D eigenvalue weighted by molar-refractivity contribution is 0.587. The molecule has 7 heteroatoms. The van der Waals surface area contributed by atoms with Gasteiger partial charge < -0.3 is 4.98 Å². The number of nitrogens with one attached hydrogen (secondary N) is 1. The normalized spacial score (nSPS) is 12.1. The van der Waals surface area contributed by atoms with Crippen molar-refractivity contribution in [1.82, 2.24) is 13.9 Å². The number of fused-ring (bicyclic) bond motifs is 2. The highest BCUT2D eigenvalue weighted by atomic mass is 79.9. The van der Waals surface area contributed by atoms with Gasteiger partial charge in [0.2, 0.25) is 0 Å². The van der Waals surface area contributed by atoms with Gasteiger partial charge in [-0.15, -0.1) is 0 Å². The van der Waals surface area contributed by atoms with Crippen LogP contribution in [0.4, 0.5) is 0 Å². The van der Waals surface area contributed by atoms with E-state index in [0.717, 1.165) is 37.5 Å². The van der Waals surface area contributed by atoms with Crippen LogP contribution in [0.2, 0.25) is 0 Å². The largest absolute Gasteiger partial charge is 0.361 e. The highest BCUT2D eigenvalue weighted by molar-refractivity contribution is 9.10. The van der Waals surface area contributed by atoms with Gasteiger partial charge in [-0.3, -0.25) is 0 Å². The number of aromatic amines is 1. The maximum Gasteiger partial charge on any atom is 0.269 e. The molecule has 5 rings (SSSR count). The van der Waals surface area contributed by atoms with Gasteiger partial charge in [-0.1, -0.05) is 23.8 Å². The number of aryl methyl sites for hydroxylation is 1. The van der Waals surface area contributed by atoms with Gasteiger partial charge in [-0.2, -0.15) is 0 Å². The number of H-pyrrole nitrogens is 1. The minimum atomic E-state index is -3.81. The highest BCUT2D eigenvalue weighted by Crippen LogP contribution is 2.38. The molecule has 3 aromatic heterocycles. The van der Waals surface area contributed by atoms with Crippen LogP contribution in [0.3, 0.4) is 0 Å². The summed E-state index contributed by atoms with van der Waals surface area (Å²) >= 11 is 3.48. The van der Waals surface area contributed by atoms with Crippen molar-refractivity contribution in [3.05, 3.63) is 82.7 Å². The first kappa shape index (κ1) is 19.1. The van der Waals surface area contributed by atoms with Gasteiger partial charge in [0.25, 0.3) is 10.0 Å². The van der Waals surface area contributed by atoms with E-state index in [1.54, 1.807) is 30.5 Å². The molecule has 5 nitrogen and oxygen atoms in total. The SMILES string of the molecule is Cc1ccc(S(=O)(=O)n2c(C)c(-c3ccc4[nH]ccc4c3)c3cc(Br)cnc32)cc1. The zero-order chi connectivity index (χ0) is 21.0. The zero-order valence-electron chi connectivity index (χ0n) is 16.3. The monoisotopic (exact) mass is 479 g/mol. The smallest absolute Gasteiger partial charge is 0.269 e. The van der Waals surface area contributed by atoms with Gasteiger partial charge in [0.05, 0.1) is 4.90 Å². The summed E-state index contributed by atoms with van der Waals surface area (Å²) in [5.74, 6) is 0. The Labute approximate surface area is 182 Å². The van der Waals surface area contributed by atoms with E-state index in [1.165, 1.54) is 3.97 Å². The van der Waals surface area contributed by atoms with Crippen molar-refractivity contribution in [2.75, 3.05) is 0 Å². The van der Waals surface area contributed by atoms with Crippen molar-refractivity contribution in [2.24, 2.45) is 0 Å². The number of hydrogen-bond acceptors (Lipinski definition) is 3. The van der Waals surface area contributed by atoms with Crippen LogP contribution in [0.15, 0.2) is 76.4 Å². The second-order valence-electron chi connectivity index (χ2n) is 7.35. The highest BCUT2D eigenvalue weighted by Gasteiger charge is 2.26. The Morgan fingerprint density at radius 1 is 1.00 bits per heavy atom. The Balaban J connectivity index is 1.84. The third kappa shape index (κ3) is 2.88. The van der Waals surface area contributed by atoms with Crippen LogP contribution in [-0.4, -0.2) is 22.4 Å². The summed E-state index contributed by atoms with van der Waals surface area (Å²) in [4.78, 5) is 7.91. The molecule has 2 aromatic carbocycles. The van der Waals surface area contributed by atoms with Crippen LogP contribution in [-0.2, 0) is 10.0 Å². The second kappa shape index (κ2) is 6.82. The van der Waals surface area contributed by atoms with Crippen molar-refractivity contribution in [1.29, 1.82) is 0 Å². The van der Waals surface area contributed by atoms with Crippen LogP contribution in [0.1, 0.15) is 11.3 Å². The molecule has 0 spiro atoms. The molecule has 0 saturated carbocycles. The van der Waals surface area contributed by atoms with Crippen molar-refractivity contribution < 1.29 is 8.42 Å². The number of nitrogens with zero attached hydrogens (tertiary/aromatic N) is 2. The van der Waals surface area contributed by atoms with E-state index >= 15 is 0 Å². The summed E-state index contributed by atoms with van der Waals surface area (Å²) in [6.45, 7) is 3.76. The fourth-order valence-electron chi connectivity index (χ4n) is 3.92. The third-order valence-corrected chi connectivity index (χ3v) is 7.59. The van der Waals surface area contributed by atoms with Gasteiger partial charge in [0.15, 0.2) is 5.65 Å². The molecule has 0 bridgehead atoms. The minimum absolute atomic E-state index is 0.241. The molecule has 0 aliphatic carbocycles. The van der Waals surface area contributed by atoms with E-state index in [1.807, 2.05) is 44.3 Å². The standard InChI is InChI=1S/C23H18BrN3O2S/c1-14-3-6-19(7-4-14)30(28,29)27-15(2)22(20-12-18(24)13-26-23(20)27)17-5-8-21-16(11-17)9-10-25-21/h3-13,25H,1-2H3. The average molecular weight is 480 g/mol. The summed E-state index contributed by atoms with van der Waals surface area (Å²) in [6.07, 6.45) is 3.52. The third-order valence-electron chi connectivity index (χ3n) is 5.36. The topological polar surface area (TPSA) is 67.8 Å². The van der Waals surface area contributed by atoms with Crippen LogP contribution in [0.25, 0.3) is 33.1 Å². The van der Waals surface area contributed by atoms with E-state index in [9.17, 15) is 8.42 Å². The molecule has 1 N–H and O–H groups in total. The molecule has 0 radical (unpaired) electrons. The summed E-state index contributed by atoms with van der Waals surface area (Å²) in [6, 6.07) is 16.9. The lowest BCUT2D eigenvalue weighted by atomic mass is 10.0. The quantitative estimate of drug-likeness (QED) is 0.355. The average Bonchev–Trinajstić information content (AvgIpc) is 3.29. The molecular weight excluding hydrogens is 462 g/mol. The van der Waals surface area contributed by atoms with Crippen molar-refractivity contribution in [2.45, 2.75) is 18.7 Å². The molecule has 3 heterocycles. The predicted molar refractivity (Wildman–Crippen MR) is 123 cm³/mol. The Hall–Kier alpha value is -2.90. The van der Waals surface area contributed by atoms with Crippen LogP contribution < -0.4 is 0 Å². The first-order chi connectivity index (χ1) is 14.4. The molecule has 0 aliphatic rings. The van der Waals surface area contributed by atoms with Gasteiger partial charge in [0.1, 0.15) is 0 Å². The first-order valence-electron chi connectivity index (χ1n) is 9.42. The summed E-state index contributed by atoms with van der Waals surface area (Å²) < 4.78 is 29.3. The lowest BCUT2D eigenvalue weighted by Crippen LogP contribution is -2.15. The van der Waals surface area contributed by atoms with E-state index in [0.29, 0.717) is 11.3 Å². The van der Waals surface area contributed by atoms with Gasteiger partial charge in [-0.05, 0) is 77.1 Å². The van der Waals surface area contributed by atoms with E-state index in [-0.39, 0.29) is 4.90 Å². The van der Waals surface area contributed by atoms with E-state index in [4.69, 9.17) is 0 Å². The fourth-order valence-corrected chi connectivity index (χ4v) is 5.76. The Morgan fingerprint density at radius 3 is 2.53 bits per heavy atom. The molecule has 0 atom stereocenters. The summed E-state index contributed by atoms with van der Waals surface area (Å²) in [5.41, 5.74) is 4.89. The molecule has 5 aromatic rings. The van der Waals surface area contributed by atoms with Gasteiger partial charge in [0, 0.05) is 39.0 Å². The van der Waals surface area contributed by atoms with Gasteiger partial charge >= 0.3 is 0 Å². The van der Waals surface area contributed by atoms with Crippen molar-refractivity contribution in [3.63, 3.8) is 0 Å². The molecular formula is C23H18BrN3O2S. The molecule has 0 unspecified atom stereocenters. The van der Waals surface area contributed by atoms with Crippen LogP contribution in [0.5, 0.6) is 0 Å². The molecule has 0 saturated heterocycles. The van der Waals surface area contributed by atoms with Crippen LogP contribution in [0, 0.1) is 13.8 Å². The molecule has 0 aliphatic heterocycles. The number of benzene rings is 2. The van der Waals surface area contributed by atoms with Gasteiger partial charge in [-0.25, -0.2) is 17.4 Å². The molecule has 0 amide bonds.